The quantitative estimate of drug-likeness (QED) is 0.495. The molecule has 0 radical (unpaired) electrons. The van der Waals surface area contributed by atoms with Crippen molar-refractivity contribution in [1.29, 1.82) is 0 Å². The summed E-state index contributed by atoms with van der Waals surface area (Å²) in [6, 6.07) is 12.2. The van der Waals surface area contributed by atoms with Gasteiger partial charge < -0.3 is 5.73 Å². The average molecular weight is 401 g/mol. The number of halogens is 3. The summed E-state index contributed by atoms with van der Waals surface area (Å²) in [6.07, 6.45) is 1.67. The van der Waals surface area contributed by atoms with E-state index < -0.39 is 11.6 Å². The van der Waals surface area contributed by atoms with Gasteiger partial charge in [-0.05, 0) is 64.0 Å². The maximum Gasteiger partial charge on any atom is 0.184 e. The minimum atomic E-state index is -0.649. The molecule has 0 amide bonds. The SMILES string of the molecule is Nc1cc(-c2ccc(F)cc2F)cc(-n2c(Br)nc3cccnc32)c1. The van der Waals surface area contributed by atoms with Crippen molar-refractivity contribution in [2.45, 2.75) is 0 Å². The minimum Gasteiger partial charge on any atom is -0.399 e. The lowest BCUT2D eigenvalue weighted by molar-refractivity contribution is 0.585. The molecule has 0 saturated carbocycles. The molecule has 124 valence electrons. The van der Waals surface area contributed by atoms with Crippen LogP contribution in [0.25, 0.3) is 28.0 Å². The first kappa shape index (κ1) is 15.7. The Hall–Kier alpha value is -2.80. The van der Waals surface area contributed by atoms with Gasteiger partial charge in [-0.15, -0.1) is 0 Å². The predicted molar refractivity (Wildman–Crippen MR) is 96.3 cm³/mol. The Balaban J connectivity index is 1.95. The number of imidazole rings is 1. The van der Waals surface area contributed by atoms with Gasteiger partial charge in [0.15, 0.2) is 10.4 Å². The summed E-state index contributed by atoms with van der Waals surface area (Å²) in [6.45, 7) is 0. The standard InChI is InChI=1S/C18H11BrF2N4/c19-18-24-16-2-1-5-23-17(16)25(18)13-7-10(6-12(22)9-13)14-4-3-11(20)8-15(14)21/h1-9H,22H2. The van der Waals surface area contributed by atoms with Crippen LogP contribution < -0.4 is 5.73 Å². The summed E-state index contributed by atoms with van der Waals surface area (Å²) in [4.78, 5) is 8.75. The highest BCUT2D eigenvalue weighted by Gasteiger charge is 2.14. The monoisotopic (exact) mass is 400 g/mol. The summed E-state index contributed by atoms with van der Waals surface area (Å²) >= 11 is 3.42. The average Bonchev–Trinajstić information content (AvgIpc) is 2.90. The zero-order valence-corrected chi connectivity index (χ0v) is 14.3. The number of anilines is 1. The zero-order valence-electron chi connectivity index (χ0n) is 12.7. The molecular weight excluding hydrogens is 390 g/mol. The predicted octanol–water partition coefficient (Wildman–Crippen LogP) is 4.71. The number of fused-ring (bicyclic) bond motifs is 1. The van der Waals surface area contributed by atoms with Crippen molar-refractivity contribution < 1.29 is 8.78 Å². The van der Waals surface area contributed by atoms with Crippen molar-refractivity contribution in [2.24, 2.45) is 0 Å². The molecule has 2 aromatic heterocycles. The largest absolute Gasteiger partial charge is 0.399 e. The number of hydrogen-bond acceptors (Lipinski definition) is 3. The van der Waals surface area contributed by atoms with Gasteiger partial charge in [0, 0.05) is 23.5 Å². The van der Waals surface area contributed by atoms with Gasteiger partial charge in [0.25, 0.3) is 0 Å². The topological polar surface area (TPSA) is 56.7 Å². The maximum absolute atomic E-state index is 14.2. The van der Waals surface area contributed by atoms with Crippen molar-refractivity contribution in [3.05, 3.63) is 71.1 Å². The Kier molecular flexibility index (Phi) is 3.73. The first-order valence-corrected chi connectivity index (χ1v) is 8.17. The summed E-state index contributed by atoms with van der Waals surface area (Å²) < 4.78 is 29.7. The van der Waals surface area contributed by atoms with Crippen LogP contribution in [-0.2, 0) is 0 Å². The number of pyridine rings is 1. The Morgan fingerprint density at radius 2 is 1.88 bits per heavy atom. The normalized spacial score (nSPS) is 11.2. The first-order chi connectivity index (χ1) is 12.0. The first-order valence-electron chi connectivity index (χ1n) is 7.38. The number of nitrogen functional groups attached to an aromatic ring is 1. The molecule has 25 heavy (non-hydrogen) atoms. The van der Waals surface area contributed by atoms with Crippen LogP contribution in [0.2, 0.25) is 0 Å². The van der Waals surface area contributed by atoms with Crippen molar-refractivity contribution in [1.82, 2.24) is 14.5 Å². The second-order valence-corrected chi connectivity index (χ2v) is 6.21. The smallest absolute Gasteiger partial charge is 0.184 e. The molecule has 0 aliphatic heterocycles. The van der Waals surface area contributed by atoms with Crippen LogP contribution in [-0.4, -0.2) is 14.5 Å². The van der Waals surface area contributed by atoms with E-state index in [1.54, 1.807) is 35.0 Å². The molecule has 4 aromatic rings. The second-order valence-electron chi connectivity index (χ2n) is 5.50. The molecule has 0 spiro atoms. The van der Waals surface area contributed by atoms with Gasteiger partial charge in [0.1, 0.15) is 17.2 Å². The number of nitrogens with two attached hydrogens (primary N) is 1. The molecule has 0 atom stereocenters. The molecule has 4 nitrogen and oxygen atoms in total. The lowest BCUT2D eigenvalue weighted by Gasteiger charge is -2.11. The lowest BCUT2D eigenvalue weighted by atomic mass is 10.0. The molecule has 0 saturated heterocycles. The van der Waals surface area contributed by atoms with E-state index in [9.17, 15) is 8.78 Å². The third-order valence-electron chi connectivity index (χ3n) is 3.82. The summed E-state index contributed by atoms with van der Waals surface area (Å²) in [5.74, 6) is -1.28. The van der Waals surface area contributed by atoms with E-state index in [4.69, 9.17) is 5.73 Å². The van der Waals surface area contributed by atoms with E-state index in [1.165, 1.54) is 12.1 Å². The van der Waals surface area contributed by atoms with Crippen molar-refractivity contribution >= 4 is 32.8 Å². The van der Waals surface area contributed by atoms with Crippen LogP contribution in [0.5, 0.6) is 0 Å². The molecule has 0 aliphatic rings. The fraction of sp³-hybridized carbons (Fsp3) is 0. The van der Waals surface area contributed by atoms with E-state index >= 15 is 0 Å². The van der Waals surface area contributed by atoms with Crippen LogP contribution in [0.1, 0.15) is 0 Å². The van der Waals surface area contributed by atoms with Crippen molar-refractivity contribution in [3.63, 3.8) is 0 Å². The number of hydrogen-bond donors (Lipinski definition) is 1. The van der Waals surface area contributed by atoms with E-state index in [2.05, 4.69) is 25.9 Å². The van der Waals surface area contributed by atoms with E-state index in [0.717, 1.165) is 6.07 Å². The van der Waals surface area contributed by atoms with Gasteiger partial charge in [-0.3, -0.25) is 4.57 Å². The van der Waals surface area contributed by atoms with Gasteiger partial charge in [0.05, 0.1) is 5.69 Å². The van der Waals surface area contributed by atoms with Crippen LogP contribution in [0.3, 0.4) is 0 Å². The minimum absolute atomic E-state index is 0.267. The van der Waals surface area contributed by atoms with Gasteiger partial charge in [-0.2, -0.15) is 0 Å². The van der Waals surface area contributed by atoms with Crippen molar-refractivity contribution in [2.75, 3.05) is 5.73 Å². The number of rotatable bonds is 2. The van der Waals surface area contributed by atoms with Gasteiger partial charge in [-0.25, -0.2) is 18.7 Å². The molecule has 2 N–H and O–H groups in total. The summed E-state index contributed by atoms with van der Waals surface area (Å²) in [7, 11) is 0. The van der Waals surface area contributed by atoms with Gasteiger partial charge >= 0.3 is 0 Å². The van der Waals surface area contributed by atoms with E-state index in [1.807, 2.05) is 6.07 Å². The highest BCUT2D eigenvalue weighted by Crippen LogP contribution is 2.31. The van der Waals surface area contributed by atoms with Crippen LogP contribution in [0.4, 0.5) is 14.5 Å². The summed E-state index contributed by atoms with van der Waals surface area (Å²) in [5, 5.41) is 0. The second kappa shape index (κ2) is 5.93. The molecule has 0 unspecified atom stereocenters. The zero-order chi connectivity index (χ0) is 17.6. The van der Waals surface area contributed by atoms with Crippen LogP contribution in [0.15, 0.2) is 59.5 Å². The van der Waals surface area contributed by atoms with Crippen LogP contribution in [0, 0.1) is 11.6 Å². The lowest BCUT2D eigenvalue weighted by Crippen LogP contribution is -1.99. The third-order valence-corrected chi connectivity index (χ3v) is 4.35. The number of nitrogens with zero attached hydrogens (tertiary/aromatic N) is 3. The number of benzene rings is 2. The molecule has 7 heteroatoms. The fourth-order valence-electron chi connectivity index (χ4n) is 2.76. The van der Waals surface area contributed by atoms with E-state index in [0.29, 0.717) is 32.8 Å². The maximum atomic E-state index is 14.2. The molecule has 2 heterocycles. The van der Waals surface area contributed by atoms with Crippen molar-refractivity contribution in [3.8, 4) is 16.8 Å². The Morgan fingerprint density at radius 3 is 2.68 bits per heavy atom. The highest BCUT2D eigenvalue weighted by atomic mass is 79.9. The molecule has 0 aliphatic carbocycles. The van der Waals surface area contributed by atoms with Gasteiger partial charge in [0.2, 0.25) is 0 Å². The van der Waals surface area contributed by atoms with Crippen LogP contribution >= 0.6 is 15.9 Å². The van der Waals surface area contributed by atoms with Gasteiger partial charge in [-0.1, -0.05) is 0 Å². The highest BCUT2D eigenvalue weighted by molar-refractivity contribution is 9.10. The molecular formula is C18H11BrF2N4. The van der Waals surface area contributed by atoms with E-state index in [-0.39, 0.29) is 5.56 Å². The molecule has 0 bridgehead atoms. The third kappa shape index (κ3) is 2.76. The fourth-order valence-corrected chi connectivity index (χ4v) is 3.32. The Bertz CT molecular complexity index is 1110. The number of aromatic nitrogens is 3. The Morgan fingerprint density at radius 1 is 1.04 bits per heavy atom. The molecule has 2 aromatic carbocycles. The summed E-state index contributed by atoms with van der Waals surface area (Å²) in [5.41, 5.74) is 9.29. The molecule has 4 rings (SSSR count). The Labute approximate surface area is 150 Å². The molecule has 0 fully saturated rings.